The highest BCUT2D eigenvalue weighted by molar-refractivity contribution is 5.60. The highest BCUT2D eigenvalue weighted by Crippen LogP contribution is 2.61. The van der Waals surface area contributed by atoms with E-state index in [0.717, 1.165) is 34.4 Å². The minimum absolute atomic E-state index is 0.0177. The van der Waals surface area contributed by atoms with Crippen LogP contribution in [0.15, 0.2) is 88.6 Å². The third kappa shape index (κ3) is 1.98. The Hall–Kier alpha value is -3.67. The molecule has 29 heavy (non-hydrogen) atoms. The molecular weight excluding hydrogens is 368 g/mol. The summed E-state index contributed by atoms with van der Waals surface area (Å²) in [5, 5.41) is 12.0. The van der Waals surface area contributed by atoms with Gasteiger partial charge >= 0.3 is 0 Å². The molecule has 0 spiro atoms. The molecule has 1 aliphatic carbocycles. The molecule has 2 unspecified atom stereocenters. The van der Waals surface area contributed by atoms with Crippen molar-refractivity contribution in [3.8, 4) is 0 Å². The number of hydrogen-bond donors (Lipinski definition) is 0. The van der Waals surface area contributed by atoms with Crippen molar-refractivity contribution >= 4 is 5.69 Å². The largest absolute Gasteiger partial charge is 0.472 e. The number of nitro benzene ring substituents is 1. The molecule has 142 valence electrons. The number of fused-ring (bicyclic) bond motifs is 1. The van der Waals surface area contributed by atoms with Gasteiger partial charge in [-0.25, -0.2) is 0 Å². The number of furan rings is 2. The van der Waals surface area contributed by atoms with Crippen LogP contribution in [0.3, 0.4) is 0 Å². The van der Waals surface area contributed by atoms with E-state index in [-0.39, 0.29) is 22.6 Å². The monoisotopic (exact) mass is 385 g/mol. The molecule has 0 amide bonds. The van der Waals surface area contributed by atoms with Gasteiger partial charge in [-0.15, -0.1) is 0 Å². The van der Waals surface area contributed by atoms with E-state index in [4.69, 9.17) is 8.83 Å². The summed E-state index contributed by atoms with van der Waals surface area (Å²) in [7, 11) is 0. The Balaban J connectivity index is 1.76. The second kappa shape index (κ2) is 5.67. The molecule has 2 aliphatic heterocycles. The predicted molar refractivity (Wildman–Crippen MR) is 103 cm³/mol. The quantitative estimate of drug-likeness (QED) is 0.296. The summed E-state index contributed by atoms with van der Waals surface area (Å²) >= 11 is 0. The first kappa shape index (κ1) is 16.3. The summed E-state index contributed by atoms with van der Waals surface area (Å²) in [6.45, 7) is 0. The average molecular weight is 385 g/mol. The van der Waals surface area contributed by atoms with E-state index in [0.29, 0.717) is 0 Å². The summed E-state index contributed by atoms with van der Waals surface area (Å²) in [4.78, 5) is 11.7. The Morgan fingerprint density at radius 3 is 2.41 bits per heavy atom. The number of nitrogens with zero attached hydrogens (tertiary/aromatic N) is 2. The Morgan fingerprint density at radius 1 is 1.00 bits per heavy atom. The van der Waals surface area contributed by atoms with Gasteiger partial charge in [0.15, 0.2) is 17.9 Å². The van der Waals surface area contributed by atoms with E-state index in [1.54, 1.807) is 37.2 Å². The van der Waals surface area contributed by atoms with Crippen molar-refractivity contribution in [3.05, 3.63) is 118 Å². The van der Waals surface area contributed by atoms with E-state index in [2.05, 4.69) is 16.8 Å². The van der Waals surface area contributed by atoms with Gasteiger partial charge in [0.05, 0.1) is 46.9 Å². The van der Waals surface area contributed by atoms with Gasteiger partial charge in [-0.1, -0.05) is 18.2 Å². The van der Waals surface area contributed by atoms with Crippen LogP contribution < -0.4 is 4.57 Å². The minimum atomic E-state index is -0.509. The molecule has 0 saturated heterocycles. The first-order valence-electron chi connectivity index (χ1n) is 9.54. The summed E-state index contributed by atoms with van der Waals surface area (Å²) in [6, 6.07) is 15.4. The molecule has 3 aromatic heterocycles. The van der Waals surface area contributed by atoms with Crippen LogP contribution in [0.1, 0.15) is 46.3 Å². The highest BCUT2D eigenvalue weighted by Gasteiger charge is 2.61. The fourth-order valence-corrected chi connectivity index (χ4v) is 5.53. The molecule has 7 rings (SSSR count). The van der Waals surface area contributed by atoms with Gasteiger partial charge in [-0.3, -0.25) is 10.1 Å². The fourth-order valence-electron chi connectivity index (χ4n) is 5.53. The number of rotatable bonds is 3. The SMILES string of the molecule is O=[N+]([O-])c1cccc2c1C1c3cccc[n+]3C2CC1(c1ccoc1)c1ccoc1. The lowest BCUT2D eigenvalue weighted by atomic mass is 9.54. The van der Waals surface area contributed by atoms with E-state index >= 15 is 0 Å². The van der Waals surface area contributed by atoms with Crippen LogP contribution in [0.25, 0.3) is 0 Å². The number of benzene rings is 1. The van der Waals surface area contributed by atoms with Gasteiger partial charge < -0.3 is 8.83 Å². The van der Waals surface area contributed by atoms with Gasteiger partial charge in [0.25, 0.3) is 5.69 Å². The third-order valence-corrected chi connectivity index (χ3v) is 6.60. The Bertz CT molecular complexity index is 1190. The topological polar surface area (TPSA) is 73.3 Å². The maximum absolute atomic E-state index is 12.0. The molecule has 0 fully saturated rings. The van der Waals surface area contributed by atoms with Crippen molar-refractivity contribution in [2.24, 2.45) is 0 Å². The van der Waals surface area contributed by atoms with Crippen molar-refractivity contribution in [1.29, 1.82) is 0 Å². The first-order valence-corrected chi connectivity index (χ1v) is 9.54. The molecule has 2 bridgehead atoms. The summed E-state index contributed by atoms with van der Waals surface area (Å²) in [5.41, 5.74) is 4.56. The van der Waals surface area contributed by atoms with Gasteiger partial charge in [0.1, 0.15) is 0 Å². The molecule has 0 radical (unpaired) electrons. The average Bonchev–Trinajstić information content (AvgIpc) is 3.47. The zero-order valence-electron chi connectivity index (χ0n) is 15.4. The fraction of sp³-hybridized carbons (Fsp3) is 0.174. The Kier molecular flexibility index (Phi) is 3.19. The smallest absolute Gasteiger partial charge is 0.274 e. The number of hydrogen-bond acceptors (Lipinski definition) is 4. The van der Waals surface area contributed by atoms with E-state index in [9.17, 15) is 10.1 Å². The van der Waals surface area contributed by atoms with Crippen LogP contribution in [-0.2, 0) is 5.41 Å². The van der Waals surface area contributed by atoms with Gasteiger partial charge in [0, 0.05) is 41.3 Å². The van der Waals surface area contributed by atoms with Gasteiger partial charge in [0.2, 0.25) is 0 Å². The minimum Gasteiger partial charge on any atom is -0.472 e. The second-order valence-electron chi connectivity index (χ2n) is 7.72. The van der Waals surface area contributed by atoms with Crippen LogP contribution in [0, 0.1) is 10.1 Å². The zero-order valence-corrected chi connectivity index (χ0v) is 15.4. The lowest BCUT2D eigenvalue weighted by molar-refractivity contribution is -0.732. The highest BCUT2D eigenvalue weighted by atomic mass is 16.6. The molecule has 5 heterocycles. The van der Waals surface area contributed by atoms with Crippen molar-refractivity contribution < 1.29 is 18.3 Å². The van der Waals surface area contributed by atoms with Crippen LogP contribution in [0.5, 0.6) is 0 Å². The van der Waals surface area contributed by atoms with Crippen molar-refractivity contribution in [2.75, 3.05) is 0 Å². The second-order valence-corrected chi connectivity index (χ2v) is 7.72. The summed E-state index contributed by atoms with van der Waals surface area (Å²) in [5.74, 6) is -0.236. The molecule has 1 aromatic carbocycles. The molecule has 2 atom stereocenters. The van der Waals surface area contributed by atoms with Crippen molar-refractivity contribution in [2.45, 2.75) is 23.8 Å². The van der Waals surface area contributed by atoms with Crippen LogP contribution >= 0.6 is 0 Å². The van der Waals surface area contributed by atoms with E-state index in [1.165, 1.54) is 0 Å². The Labute approximate surface area is 166 Å². The van der Waals surface area contributed by atoms with Crippen molar-refractivity contribution in [1.82, 2.24) is 0 Å². The van der Waals surface area contributed by atoms with Gasteiger partial charge in [-0.2, -0.15) is 4.57 Å². The lowest BCUT2D eigenvalue weighted by Crippen LogP contribution is -2.60. The van der Waals surface area contributed by atoms with Crippen LogP contribution in [-0.4, -0.2) is 4.92 Å². The molecule has 6 nitrogen and oxygen atoms in total. The molecule has 4 aromatic rings. The Morgan fingerprint density at radius 2 is 1.76 bits per heavy atom. The zero-order chi connectivity index (χ0) is 19.6. The van der Waals surface area contributed by atoms with Crippen LogP contribution in [0.2, 0.25) is 0 Å². The lowest BCUT2D eigenvalue weighted by Gasteiger charge is -2.48. The summed E-state index contributed by atoms with van der Waals surface area (Å²) in [6.07, 6.45) is 9.69. The summed E-state index contributed by atoms with van der Waals surface area (Å²) < 4.78 is 13.2. The normalized spacial score (nSPS) is 20.8. The number of aromatic nitrogens is 1. The predicted octanol–water partition coefficient (Wildman–Crippen LogP) is 4.49. The van der Waals surface area contributed by atoms with Gasteiger partial charge in [-0.05, 0) is 12.1 Å². The maximum atomic E-state index is 12.0. The van der Waals surface area contributed by atoms with Crippen molar-refractivity contribution in [3.63, 3.8) is 0 Å². The molecular formula is C23H17N2O4+. The van der Waals surface area contributed by atoms with E-state index < -0.39 is 5.41 Å². The molecule has 6 heteroatoms. The van der Waals surface area contributed by atoms with E-state index in [1.807, 2.05) is 30.3 Å². The third-order valence-electron chi connectivity index (χ3n) is 6.60. The van der Waals surface area contributed by atoms with Crippen LogP contribution in [0.4, 0.5) is 5.69 Å². The molecule has 3 aliphatic rings. The number of pyridine rings is 1. The molecule has 0 saturated carbocycles. The first-order chi connectivity index (χ1) is 14.2. The number of nitro groups is 1. The maximum Gasteiger partial charge on any atom is 0.274 e. The molecule has 0 N–H and O–H groups in total. The standard InChI is InChI=1S/C23H17N2O4/c26-25(27)18-6-3-4-17-20-12-23(15-7-10-28-13-15,16-8-11-29-14-16)22(21(17)18)19-5-1-2-9-24(19)20/h1-11,13-14,20,22H,12H2/q+1.